The fraction of sp³-hybridized carbons (Fsp3) is 0.294. The van der Waals surface area contributed by atoms with Crippen molar-refractivity contribution in [2.45, 2.75) is 32.1 Å². The van der Waals surface area contributed by atoms with Crippen molar-refractivity contribution < 1.29 is 0 Å². The molecule has 0 amide bonds. The van der Waals surface area contributed by atoms with Gasteiger partial charge in [0.15, 0.2) is 0 Å². The molecule has 0 spiro atoms. The normalized spacial score (nSPS) is 12.7. The third kappa shape index (κ3) is 2.97. The van der Waals surface area contributed by atoms with Crippen LogP contribution in [0.15, 0.2) is 42.6 Å². The zero-order valence-electron chi connectivity index (χ0n) is 12.1. The Morgan fingerprint density at radius 1 is 1.10 bits per heavy atom. The van der Waals surface area contributed by atoms with Gasteiger partial charge >= 0.3 is 0 Å². The Kier molecular flexibility index (Phi) is 3.76. The van der Waals surface area contributed by atoms with Crippen molar-refractivity contribution in [1.82, 2.24) is 4.98 Å². The Morgan fingerprint density at radius 3 is 2.20 bits per heavy atom. The van der Waals surface area contributed by atoms with Crippen LogP contribution in [0.5, 0.6) is 0 Å². The summed E-state index contributed by atoms with van der Waals surface area (Å²) in [5.74, 6) is -0.357. The van der Waals surface area contributed by atoms with Gasteiger partial charge in [-0.2, -0.15) is 5.26 Å². The number of nitrogens with zero attached hydrogens (tertiary/aromatic N) is 2. The summed E-state index contributed by atoms with van der Waals surface area (Å²) in [5.41, 5.74) is 9.28. The summed E-state index contributed by atoms with van der Waals surface area (Å²) in [6.45, 7) is 6.52. The first kappa shape index (κ1) is 14.1. The molecule has 0 aliphatic rings. The van der Waals surface area contributed by atoms with E-state index in [1.807, 2.05) is 12.1 Å². The van der Waals surface area contributed by atoms with Crippen molar-refractivity contribution in [2.75, 3.05) is 5.73 Å². The number of rotatable bonds is 2. The quantitative estimate of drug-likeness (QED) is 0.902. The molecule has 1 aromatic heterocycles. The van der Waals surface area contributed by atoms with Crippen molar-refractivity contribution in [3.8, 4) is 6.07 Å². The Morgan fingerprint density at radius 2 is 1.75 bits per heavy atom. The van der Waals surface area contributed by atoms with Gasteiger partial charge < -0.3 is 5.73 Å². The van der Waals surface area contributed by atoms with Gasteiger partial charge in [-0.15, -0.1) is 0 Å². The minimum Gasteiger partial charge on any atom is -0.397 e. The van der Waals surface area contributed by atoms with Crippen LogP contribution < -0.4 is 5.73 Å². The SMILES string of the molecule is CC(C)(C)c1ccc(C(C#N)c2ccc(N)cn2)cc1. The van der Waals surface area contributed by atoms with Gasteiger partial charge in [-0.25, -0.2) is 0 Å². The number of anilines is 1. The summed E-state index contributed by atoms with van der Waals surface area (Å²) in [6.07, 6.45) is 1.59. The van der Waals surface area contributed by atoms with E-state index in [1.165, 1.54) is 5.56 Å². The van der Waals surface area contributed by atoms with Crippen LogP contribution >= 0.6 is 0 Å². The lowest BCUT2D eigenvalue weighted by molar-refractivity contribution is 0.590. The molecule has 2 N–H and O–H groups in total. The van der Waals surface area contributed by atoms with Gasteiger partial charge in [0, 0.05) is 0 Å². The second-order valence-electron chi connectivity index (χ2n) is 5.95. The fourth-order valence-corrected chi connectivity index (χ4v) is 2.07. The Hall–Kier alpha value is -2.34. The average Bonchev–Trinajstić information content (AvgIpc) is 2.41. The molecule has 102 valence electrons. The van der Waals surface area contributed by atoms with E-state index in [1.54, 1.807) is 18.3 Å². The smallest absolute Gasteiger partial charge is 0.113 e. The van der Waals surface area contributed by atoms with Crippen LogP contribution in [0.1, 0.15) is 43.5 Å². The zero-order valence-corrected chi connectivity index (χ0v) is 12.1. The van der Waals surface area contributed by atoms with E-state index in [9.17, 15) is 5.26 Å². The molecule has 3 heteroatoms. The number of nitriles is 1. The molecule has 1 aromatic carbocycles. The van der Waals surface area contributed by atoms with E-state index in [0.717, 1.165) is 11.3 Å². The van der Waals surface area contributed by atoms with Crippen LogP contribution in [0.2, 0.25) is 0 Å². The number of aromatic nitrogens is 1. The van der Waals surface area contributed by atoms with Crippen LogP contribution in [-0.2, 0) is 5.41 Å². The van der Waals surface area contributed by atoms with Gasteiger partial charge in [-0.05, 0) is 28.7 Å². The average molecular weight is 265 g/mol. The first-order valence-electron chi connectivity index (χ1n) is 6.63. The molecule has 1 unspecified atom stereocenters. The molecule has 0 radical (unpaired) electrons. The topological polar surface area (TPSA) is 62.7 Å². The molecule has 0 bridgehead atoms. The van der Waals surface area contributed by atoms with Crippen LogP contribution in [0.4, 0.5) is 5.69 Å². The molecule has 0 saturated heterocycles. The van der Waals surface area contributed by atoms with E-state index < -0.39 is 0 Å². The van der Waals surface area contributed by atoms with Gasteiger partial charge in [0.1, 0.15) is 5.92 Å². The highest BCUT2D eigenvalue weighted by molar-refractivity contribution is 5.41. The molecule has 3 nitrogen and oxygen atoms in total. The maximum Gasteiger partial charge on any atom is 0.113 e. The van der Waals surface area contributed by atoms with E-state index in [4.69, 9.17) is 5.73 Å². The summed E-state index contributed by atoms with van der Waals surface area (Å²) >= 11 is 0. The highest BCUT2D eigenvalue weighted by Gasteiger charge is 2.17. The number of benzene rings is 1. The molecule has 1 heterocycles. The fourth-order valence-electron chi connectivity index (χ4n) is 2.07. The highest BCUT2D eigenvalue weighted by Crippen LogP contribution is 2.27. The lowest BCUT2D eigenvalue weighted by Crippen LogP contribution is -2.11. The maximum absolute atomic E-state index is 9.41. The summed E-state index contributed by atoms with van der Waals surface area (Å²) < 4.78 is 0. The van der Waals surface area contributed by atoms with E-state index in [0.29, 0.717) is 5.69 Å². The van der Waals surface area contributed by atoms with E-state index in [2.05, 4.69) is 44.0 Å². The molecule has 0 saturated carbocycles. The van der Waals surface area contributed by atoms with Gasteiger partial charge in [0.25, 0.3) is 0 Å². The van der Waals surface area contributed by atoms with Crippen molar-refractivity contribution >= 4 is 5.69 Å². The molecule has 0 aliphatic carbocycles. The molecule has 1 atom stereocenters. The Balaban J connectivity index is 2.34. The number of hydrogen-bond donors (Lipinski definition) is 1. The third-order valence-electron chi connectivity index (χ3n) is 3.34. The lowest BCUT2D eigenvalue weighted by atomic mass is 9.85. The Bertz CT molecular complexity index is 613. The minimum absolute atomic E-state index is 0.111. The molecule has 2 aromatic rings. The zero-order chi connectivity index (χ0) is 14.8. The van der Waals surface area contributed by atoms with E-state index >= 15 is 0 Å². The molecular formula is C17H19N3. The molecule has 0 fully saturated rings. The highest BCUT2D eigenvalue weighted by atomic mass is 14.7. The van der Waals surface area contributed by atoms with Crippen LogP contribution in [-0.4, -0.2) is 4.98 Å². The van der Waals surface area contributed by atoms with Gasteiger partial charge in [0.2, 0.25) is 0 Å². The van der Waals surface area contributed by atoms with Crippen molar-refractivity contribution in [2.24, 2.45) is 0 Å². The van der Waals surface area contributed by atoms with E-state index in [-0.39, 0.29) is 11.3 Å². The summed E-state index contributed by atoms with van der Waals surface area (Å²) in [7, 11) is 0. The van der Waals surface area contributed by atoms with Crippen molar-refractivity contribution in [1.29, 1.82) is 5.26 Å². The number of hydrogen-bond acceptors (Lipinski definition) is 3. The summed E-state index contributed by atoms with van der Waals surface area (Å²) in [5, 5.41) is 9.41. The molecular weight excluding hydrogens is 246 g/mol. The molecule has 2 rings (SSSR count). The van der Waals surface area contributed by atoms with Gasteiger partial charge in [-0.3, -0.25) is 4.98 Å². The monoisotopic (exact) mass is 265 g/mol. The van der Waals surface area contributed by atoms with Gasteiger partial charge in [-0.1, -0.05) is 45.0 Å². The van der Waals surface area contributed by atoms with Crippen LogP contribution in [0, 0.1) is 11.3 Å². The van der Waals surface area contributed by atoms with Gasteiger partial charge in [0.05, 0.1) is 23.6 Å². The molecule has 20 heavy (non-hydrogen) atoms. The number of nitrogens with two attached hydrogens (primary N) is 1. The first-order chi connectivity index (χ1) is 9.41. The van der Waals surface area contributed by atoms with Crippen molar-refractivity contribution in [3.63, 3.8) is 0 Å². The van der Waals surface area contributed by atoms with Crippen molar-refractivity contribution in [3.05, 3.63) is 59.4 Å². The number of pyridine rings is 1. The standard InChI is InChI=1S/C17H19N3/c1-17(2,3)13-6-4-12(5-7-13)15(10-18)16-9-8-14(19)11-20-16/h4-9,11,15H,19H2,1-3H3. The number of nitrogen functional groups attached to an aromatic ring is 1. The van der Waals surface area contributed by atoms with Crippen LogP contribution in [0.25, 0.3) is 0 Å². The predicted molar refractivity (Wildman–Crippen MR) is 81.2 cm³/mol. The first-order valence-corrected chi connectivity index (χ1v) is 6.63. The minimum atomic E-state index is -0.357. The summed E-state index contributed by atoms with van der Waals surface area (Å²) in [4.78, 5) is 4.25. The second-order valence-corrected chi connectivity index (χ2v) is 5.95. The maximum atomic E-state index is 9.41. The largest absolute Gasteiger partial charge is 0.397 e. The summed E-state index contributed by atoms with van der Waals surface area (Å²) in [6, 6.07) is 14.1. The third-order valence-corrected chi connectivity index (χ3v) is 3.34. The lowest BCUT2D eigenvalue weighted by Gasteiger charge is -2.19. The Labute approximate surface area is 120 Å². The van der Waals surface area contributed by atoms with Crippen LogP contribution in [0.3, 0.4) is 0 Å². The molecule has 0 aliphatic heterocycles. The second kappa shape index (κ2) is 5.34. The predicted octanol–water partition coefficient (Wildman–Crippen LogP) is 3.62.